The van der Waals surface area contributed by atoms with Gasteiger partial charge in [0.1, 0.15) is 0 Å². The van der Waals surface area contributed by atoms with Crippen molar-refractivity contribution < 1.29 is 0 Å². The van der Waals surface area contributed by atoms with E-state index in [1.165, 1.54) is 145 Å². The first-order valence-electron chi connectivity index (χ1n) is 26.9. The summed E-state index contributed by atoms with van der Waals surface area (Å²) in [5.74, 6) is 0. The molecule has 0 N–H and O–H groups in total. The Bertz CT molecular complexity index is 4310. The van der Waals surface area contributed by atoms with Crippen molar-refractivity contribution in [2.75, 3.05) is 0 Å². The minimum Gasteiger partial charge on any atom is -0.0620 e. The standard InChI is InChI=1S/C76H48/c1-9-31-64-52(19-1)43-53-20-2-10-32-65(53)75(64)68-35-13-7-29-60(68)62-41-39-50(46-72(62)75)48-21-17-23-54(44-48)74(66-33-11-3-25-56(66)57-26-4-12-34-67(57)74)55-24-18-22-49(45-55)51-40-42-63-61-30-8-16-38-71(61)76(73(63)47-51)69-36-14-5-27-58(69)59-28-6-15-37-70(59)76/h1-42,44-47H,43H2. The minimum absolute atomic E-state index is 0.415. The smallest absolute Gasteiger partial charge is 0.0620 e. The van der Waals surface area contributed by atoms with Crippen LogP contribution in [0.15, 0.2) is 279 Å². The van der Waals surface area contributed by atoms with Gasteiger partial charge in [0.15, 0.2) is 0 Å². The highest BCUT2D eigenvalue weighted by Crippen LogP contribution is 2.64. The largest absolute Gasteiger partial charge is 0.0725 e. The van der Waals surface area contributed by atoms with Gasteiger partial charge in [0.2, 0.25) is 0 Å². The summed E-state index contributed by atoms with van der Waals surface area (Å²) in [7, 11) is 0. The minimum atomic E-state index is -0.605. The fourth-order valence-electron chi connectivity index (χ4n) is 15.6. The molecule has 0 nitrogen and oxygen atoms in total. The van der Waals surface area contributed by atoms with Crippen LogP contribution >= 0.6 is 0 Å². The topological polar surface area (TPSA) is 0 Å². The normalized spacial score (nSPS) is 15.1. The Kier molecular flexibility index (Phi) is 8.50. The highest BCUT2D eigenvalue weighted by atomic mass is 14.5. The van der Waals surface area contributed by atoms with E-state index in [1.54, 1.807) is 0 Å². The average molecular weight is 961 g/mol. The lowest BCUT2D eigenvalue weighted by molar-refractivity contribution is 0.722. The van der Waals surface area contributed by atoms with E-state index in [2.05, 4.69) is 279 Å². The third kappa shape index (κ3) is 5.19. The van der Waals surface area contributed by atoms with Crippen molar-refractivity contribution in [1.29, 1.82) is 0 Å². The van der Waals surface area contributed by atoms with Crippen molar-refractivity contribution >= 4 is 0 Å². The number of rotatable bonds is 4. The number of fused-ring (bicyclic) bond motifs is 22. The first-order valence-corrected chi connectivity index (χ1v) is 26.9. The van der Waals surface area contributed by atoms with Gasteiger partial charge in [0, 0.05) is 0 Å². The second kappa shape index (κ2) is 15.4. The molecule has 5 aliphatic rings. The number of hydrogen-bond acceptors (Lipinski definition) is 0. The van der Waals surface area contributed by atoms with Crippen LogP contribution < -0.4 is 0 Å². The molecule has 0 atom stereocenters. The Balaban J connectivity index is 0.866. The van der Waals surface area contributed by atoms with Gasteiger partial charge in [-0.05, 0) is 175 Å². The maximum absolute atomic E-state index is 2.54. The summed E-state index contributed by atoms with van der Waals surface area (Å²) in [4.78, 5) is 0. The van der Waals surface area contributed by atoms with Gasteiger partial charge in [-0.1, -0.05) is 255 Å². The third-order valence-electron chi connectivity index (χ3n) is 18.5. The second-order valence-corrected chi connectivity index (χ2v) is 21.7. The van der Waals surface area contributed by atoms with Gasteiger partial charge in [0.05, 0.1) is 16.2 Å². The molecular formula is C76H48. The molecule has 0 saturated heterocycles. The molecule has 0 heteroatoms. The molecule has 0 radical (unpaired) electrons. The Hall–Kier alpha value is -9.36. The van der Waals surface area contributed by atoms with Crippen LogP contribution in [0.1, 0.15) is 77.9 Å². The molecule has 12 aromatic rings. The van der Waals surface area contributed by atoms with E-state index in [4.69, 9.17) is 0 Å². The maximum Gasteiger partial charge on any atom is 0.0725 e. The van der Waals surface area contributed by atoms with Crippen LogP contribution in [0, 0.1) is 0 Å². The first kappa shape index (κ1) is 42.0. The molecule has 12 aromatic carbocycles. The number of benzene rings is 12. The van der Waals surface area contributed by atoms with Crippen molar-refractivity contribution in [3.63, 3.8) is 0 Å². The molecule has 17 rings (SSSR count). The molecule has 0 fully saturated rings. The third-order valence-corrected chi connectivity index (χ3v) is 18.5. The zero-order valence-corrected chi connectivity index (χ0v) is 41.8. The molecular weight excluding hydrogens is 913 g/mol. The molecule has 2 spiro atoms. The average Bonchev–Trinajstić information content (AvgIpc) is 4.37. The van der Waals surface area contributed by atoms with E-state index < -0.39 is 16.2 Å². The van der Waals surface area contributed by atoms with Crippen molar-refractivity contribution in [2.24, 2.45) is 0 Å². The quantitative estimate of drug-likeness (QED) is 0.165. The highest BCUT2D eigenvalue weighted by molar-refractivity contribution is 5.97. The lowest BCUT2D eigenvalue weighted by atomic mass is 9.61. The Labute approximate surface area is 443 Å². The first-order chi connectivity index (χ1) is 37.7. The van der Waals surface area contributed by atoms with Crippen molar-refractivity contribution in [3.05, 3.63) is 357 Å². The van der Waals surface area contributed by atoms with Gasteiger partial charge in [0.25, 0.3) is 0 Å². The fraction of sp³-hybridized carbons (Fsp3) is 0.0526. The summed E-state index contributed by atoms with van der Waals surface area (Å²) in [6, 6.07) is 107. The van der Waals surface area contributed by atoms with E-state index in [9.17, 15) is 0 Å². The van der Waals surface area contributed by atoms with E-state index >= 15 is 0 Å². The Morgan fingerprint density at radius 1 is 0.184 bits per heavy atom. The van der Waals surface area contributed by atoms with Crippen LogP contribution in [0.2, 0.25) is 0 Å². The van der Waals surface area contributed by atoms with Gasteiger partial charge < -0.3 is 0 Å². The Morgan fingerprint density at radius 3 is 0.829 bits per heavy atom. The van der Waals surface area contributed by atoms with Gasteiger partial charge in [-0.2, -0.15) is 0 Å². The van der Waals surface area contributed by atoms with E-state index in [-0.39, 0.29) is 0 Å². The van der Waals surface area contributed by atoms with Crippen molar-refractivity contribution in [1.82, 2.24) is 0 Å². The van der Waals surface area contributed by atoms with Crippen LogP contribution in [-0.4, -0.2) is 0 Å². The van der Waals surface area contributed by atoms with Gasteiger partial charge in [-0.3, -0.25) is 0 Å². The molecule has 0 heterocycles. The number of hydrogen-bond donors (Lipinski definition) is 0. The molecule has 0 bridgehead atoms. The van der Waals surface area contributed by atoms with Crippen LogP contribution in [0.25, 0.3) is 66.8 Å². The zero-order chi connectivity index (χ0) is 49.7. The van der Waals surface area contributed by atoms with E-state index in [0.717, 1.165) is 6.42 Å². The van der Waals surface area contributed by atoms with Crippen molar-refractivity contribution in [3.8, 4) is 66.8 Å². The lowest BCUT2D eigenvalue weighted by Gasteiger charge is -2.40. The molecule has 352 valence electrons. The molecule has 0 unspecified atom stereocenters. The van der Waals surface area contributed by atoms with E-state index in [0.29, 0.717) is 0 Å². The predicted molar refractivity (Wildman–Crippen MR) is 311 cm³/mol. The highest BCUT2D eigenvalue weighted by Gasteiger charge is 2.53. The van der Waals surface area contributed by atoms with Gasteiger partial charge in [-0.25, -0.2) is 0 Å². The maximum atomic E-state index is 2.54. The molecule has 5 aliphatic carbocycles. The second-order valence-electron chi connectivity index (χ2n) is 21.7. The summed E-state index contributed by atoms with van der Waals surface area (Å²) >= 11 is 0. The summed E-state index contributed by atoms with van der Waals surface area (Å²) in [5.41, 5.74) is 32.8. The summed E-state index contributed by atoms with van der Waals surface area (Å²) in [5, 5.41) is 0. The van der Waals surface area contributed by atoms with Crippen LogP contribution in [0.5, 0.6) is 0 Å². The SMILES string of the molecule is c1cc(-c2ccc3c(c2)C2(c4ccccc4Cc4ccccc42)c2ccccc2-3)cc(C2(c3cccc(-c4ccc5c(c4)C4(c6ccccc6-c6ccccc64)c4ccccc4-5)c3)c3ccccc3-c3ccccc32)c1. The molecule has 0 amide bonds. The van der Waals surface area contributed by atoms with Crippen LogP contribution in [0.3, 0.4) is 0 Å². The summed E-state index contributed by atoms with van der Waals surface area (Å²) in [6.45, 7) is 0. The van der Waals surface area contributed by atoms with Gasteiger partial charge >= 0.3 is 0 Å². The van der Waals surface area contributed by atoms with Crippen LogP contribution in [-0.2, 0) is 22.7 Å². The fourth-order valence-corrected chi connectivity index (χ4v) is 15.6. The molecule has 0 aromatic heterocycles. The van der Waals surface area contributed by atoms with Crippen LogP contribution in [0.4, 0.5) is 0 Å². The summed E-state index contributed by atoms with van der Waals surface area (Å²) < 4.78 is 0. The molecule has 76 heavy (non-hydrogen) atoms. The Morgan fingerprint density at radius 2 is 0.461 bits per heavy atom. The predicted octanol–water partition coefficient (Wildman–Crippen LogP) is 18.0. The van der Waals surface area contributed by atoms with Crippen molar-refractivity contribution in [2.45, 2.75) is 22.7 Å². The summed E-state index contributed by atoms with van der Waals surface area (Å²) in [6.07, 6.45) is 0.935. The van der Waals surface area contributed by atoms with Gasteiger partial charge in [-0.15, -0.1) is 0 Å². The van der Waals surface area contributed by atoms with E-state index in [1.807, 2.05) is 0 Å². The molecule has 0 saturated carbocycles. The zero-order valence-electron chi connectivity index (χ0n) is 41.8. The monoisotopic (exact) mass is 960 g/mol. The lowest BCUT2D eigenvalue weighted by Crippen LogP contribution is -2.34. The molecule has 0 aliphatic heterocycles.